The van der Waals surface area contributed by atoms with Gasteiger partial charge in [-0.25, -0.2) is 0 Å². The van der Waals surface area contributed by atoms with Crippen LogP contribution in [-0.2, 0) is 4.74 Å². The molecule has 0 bridgehead atoms. The monoisotopic (exact) mass is 308 g/mol. The summed E-state index contributed by atoms with van der Waals surface area (Å²) in [5, 5.41) is 0. The van der Waals surface area contributed by atoms with Crippen LogP contribution >= 0.6 is 22.6 Å². The predicted molar refractivity (Wildman–Crippen MR) is 68.0 cm³/mol. The van der Waals surface area contributed by atoms with E-state index in [1.54, 1.807) is 0 Å². The molecule has 1 nitrogen and oxygen atoms in total. The minimum absolute atomic E-state index is 0.573. The van der Waals surface area contributed by atoms with Crippen LogP contribution in [-0.4, -0.2) is 16.1 Å². The fourth-order valence-electron chi connectivity index (χ4n) is 2.87. The van der Waals surface area contributed by atoms with E-state index in [9.17, 15) is 0 Å². The van der Waals surface area contributed by atoms with Crippen molar-refractivity contribution in [1.29, 1.82) is 0 Å². The standard InChI is InChI=1S/C12H21IO/c1-2-3-7-11-12(13)9-6-4-5-8-10(9)14-11/h9-12H,2-8H2,1H3/t9-,10-,11+,12+/m0/s1. The molecule has 0 radical (unpaired) electrons. The lowest BCUT2D eigenvalue weighted by molar-refractivity contribution is 0.0155. The third kappa shape index (κ3) is 2.26. The lowest BCUT2D eigenvalue weighted by atomic mass is 9.85. The molecule has 0 N–H and O–H groups in total. The molecule has 1 saturated carbocycles. The average Bonchev–Trinajstić information content (AvgIpc) is 2.54. The van der Waals surface area contributed by atoms with Crippen LogP contribution in [0.25, 0.3) is 0 Å². The Hall–Kier alpha value is 0.690. The molecule has 1 heterocycles. The molecule has 82 valence electrons. The molecule has 0 aromatic heterocycles. The Balaban J connectivity index is 1.89. The Bertz CT molecular complexity index is 183. The van der Waals surface area contributed by atoms with Crippen molar-refractivity contribution in [3.05, 3.63) is 0 Å². The minimum atomic E-state index is 0.573. The van der Waals surface area contributed by atoms with Crippen LogP contribution in [0.5, 0.6) is 0 Å². The highest BCUT2D eigenvalue weighted by Crippen LogP contribution is 2.42. The molecule has 2 fully saturated rings. The normalized spacial score (nSPS) is 42.4. The van der Waals surface area contributed by atoms with Gasteiger partial charge in [0.1, 0.15) is 0 Å². The zero-order chi connectivity index (χ0) is 9.97. The maximum absolute atomic E-state index is 6.17. The van der Waals surface area contributed by atoms with Gasteiger partial charge >= 0.3 is 0 Å². The first-order chi connectivity index (χ1) is 6.83. The second-order valence-electron chi connectivity index (χ2n) is 4.75. The van der Waals surface area contributed by atoms with Gasteiger partial charge in [-0.2, -0.15) is 0 Å². The number of ether oxygens (including phenoxy) is 1. The molecule has 2 heteroatoms. The quantitative estimate of drug-likeness (QED) is 0.567. The zero-order valence-electron chi connectivity index (χ0n) is 9.05. The van der Waals surface area contributed by atoms with E-state index in [4.69, 9.17) is 4.74 Å². The fraction of sp³-hybridized carbons (Fsp3) is 1.00. The topological polar surface area (TPSA) is 9.23 Å². The van der Waals surface area contributed by atoms with Gasteiger partial charge in [0, 0.05) is 3.92 Å². The lowest BCUT2D eigenvalue weighted by Gasteiger charge is -2.24. The van der Waals surface area contributed by atoms with Gasteiger partial charge in [0.2, 0.25) is 0 Å². The van der Waals surface area contributed by atoms with Crippen molar-refractivity contribution >= 4 is 22.6 Å². The largest absolute Gasteiger partial charge is 0.374 e. The molecule has 14 heavy (non-hydrogen) atoms. The van der Waals surface area contributed by atoms with Gasteiger partial charge in [0.05, 0.1) is 12.2 Å². The number of rotatable bonds is 3. The summed E-state index contributed by atoms with van der Waals surface area (Å²) in [6.07, 6.45) is 10.7. The van der Waals surface area contributed by atoms with Gasteiger partial charge in [-0.15, -0.1) is 0 Å². The van der Waals surface area contributed by atoms with Gasteiger partial charge in [-0.05, 0) is 25.2 Å². The highest BCUT2D eigenvalue weighted by molar-refractivity contribution is 14.1. The van der Waals surface area contributed by atoms with Crippen molar-refractivity contribution in [3.63, 3.8) is 0 Å². The Kier molecular flexibility index (Phi) is 4.11. The van der Waals surface area contributed by atoms with E-state index in [0.717, 1.165) is 9.84 Å². The highest BCUT2D eigenvalue weighted by atomic mass is 127. The summed E-state index contributed by atoms with van der Waals surface area (Å²) in [6.45, 7) is 2.27. The first-order valence-corrected chi connectivity index (χ1v) is 7.37. The van der Waals surface area contributed by atoms with E-state index in [0.29, 0.717) is 12.2 Å². The summed E-state index contributed by atoms with van der Waals surface area (Å²) in [6, 6.07) is 0. The van der Waals surface area contributed by atoms with Gasteiger partial charge < -0.3 is 4.74 Å². The summed E-state index contributed by atoms with van der Waals surface area (Å²) in [5.74, 6) is 0.881. The molecule has 0 aromatic rings. The van der Waals surface area contributed by atoms with Crippen LogP contribution in [0.2, 0.25) is 0 Å². The number of unbranched alkanes of at least 4 members (excludes halogenated alkanes) is 1. The molecule has 1 aliphatic carbocycles. The maximum atomic E-state index is 6.17. The first kappa shape index (κ1) is 11.2. The van der Waals surface area contributed by atoms with Crippen molar-refractivity contribution in [2.75, 3.05) is 0 Å². The average molecular weight is 308 g/mol. The molecule has 2 rings (SSSR count). The smallest absolute Gasteiger partial charge is 0.0700 e. The van der Waals surface area contributed by atoms with E-state index in [-0.39, 0.29) is 0 Å². The molecule has 0 amide bonds. The summed E-state index contributed by atoms with van der Waals surface area (Å²) >= 11 is 2.64. The van der Waals surface area contributed by atoms with Crippen molar-refractivity contribution in [2.24, 2.45) is 5.92 Å². The third-order valence-electron chi connectivity index (χ3n) is 3.71. The Morgan fingerprint density at radius 3 is 2.79 bits per heavy atom. The van der Waals surface area contributed by atoms with E-state index in [1.165, 1.54) is 44.9 Å². The lowest BCUT2D eigenvalue weighted by Crippen LogP contribution is -2.24. The number of hydrogen-bond acceptors (Lipinski definition) is 1. The van der Waals surface area contributed by atoms with E-state index in [2.05, 4.69) is 29.5 Å². The Labute approximate surface area is 101 Å². The summed E-state index contributed by atoms with van der Waals surface area (Å²) in [4.78, 5) is 0. The summed E-state index contributed by atoms with van der Waals surface area (Å²) in [7, 11) is 0. The van der Waals surface area contributed by atoms with E-state index in [1.807, 2.05) is 0 Å². The molecule has 0 spiro atoms. The second kappa shape index (κ2) is 5.15. The van der Waals surface area contributed by atoms with Crippen molar-refractivity contribution < 1.29 is 4.74 Å². The number of halogens is 1. The number of hydrogen-bond donors (Lipinski definition) is 0. The van der Waals surface area contributed by atoms with Crippen LogP contribution in [0.4, 0.5) is 0 Å². The molecular weight excluding hydrogens is 287 g/mol. The first-order valence-electron chi connectivity index (χ1n) is 6.12. The Morgan fingerprint density at radius 1 is 1.29 bits per heavy atom. The fourth-order valence-corrected chi connectivity index (χ4v) is 4.22. The summed E-state index contributed by atoms with van der Waals surface area (Å²) in [5.41, 5.74) is 0. The van der Waals surface area contributed by atoms with Crippen LogP contribution < -0.4 is 0 Å². The maximum Gasteiger partial charge on any atom is 0.0700 e. The van der Waals surface area contributed by atoms with Crippen LogP contribution in [0, 0.1) is 5.92 Å². The second-order valence-corrected chi connectivity index (χ2v) is 6.19. The van der Waals surface area contributed by atoms with Crippen molar-refractivity contribution in [3.8, 4) is 0 Å². The molecule has 0 unspecified atom stereocenters. The van der Waals surface area contributed by atoms with E-state index < -0.39 is 0 Å². The van der Waals surface area contributed by atoms with Gasteiger partial charge in [0.25, 0.3) is 0 Å². The Morgan fingerprint density at radius 2 is 2.07 bits per heavy atom. The van der Waals surface area contributed by atoms with Crippen LogP contribution in [0.3, 0.4) is 0 Å². The molecule has 4 atom stereocenters. The molecular formula is C12H21IO. The van der Waals surface area contributed by atoms with Crippen molar-refractivity contribution in [2.45, 2.75) is 68.0 Å². The number of alkyl halides is 1. The zero-order valence-corrected chi connectivity index (χ0v) is 11.2. The highest BCUT2D eigenvalue weighted by Gasteiger charge is 2.42. The number of fused-ring (bicyclic) bond motifs is 1. The third-order valence-corrected chi connectivity index (χ3v) is 5.44. The van der Waals surface area contributed by atoms with Crippen molar-refractivity contribution in [1.82, 2.24) is 0 Å². The van der Waals surface area contributed by atoms with E-state index >= 15 is 0 Å². The molecule has 1 saturated heterocycles. The predicted octanol–water partition coefficient (Wildman–Crippen LogP) is 3.94. The molecule has 0 aromatic carbocycles. The molecule has 2 aliphatic rings. The van der Waals surface area contributed by atoms with Crippen LogP contribution in [0.15, 0.2) is 0 Å². The summed E-state index contributed by atoms with van der Waals surface area (Å²) < 4.78 is 6.97. The van der Waals surface area contributed by atoms with Crippen LogP contribution in [0.1, 0.15) is 51.9 Å². The van der Waals surface area contributed by atoms with Gasteiger partial charge in [0.15, 0.2) is 0 Å². The van der Waals surface area contributed by atoms with Gasteiger partial charge in [-0.3, -0.25) is 0 Å². The molecule has 1 aliphatic heterocycles. The van der Waals surface area contributed by atoms with Gasteiger partial charge in [-0.1, -0.05) is 55.2 Å². The SMILES string of the molecule is CCCC[C@H]1O[C@H]2CCCC[C@@H]2[C@H]1I. The minimum Gasteiger partial charge on any atom is -0.374 e.